The van der Waals surface area contributed by atoms with Crippen LogP contribution >= 0.6 is 0 Å². The molecule has 0 aromatic heterocycles. The zero-order valence-electron chi connectivity index (χ0n) is 16.9. The van der Waals surface area contributed by atoms with Crippen molar-refractivity contribution < 1.29 is 14.4 Å². The second-order valence-electron chi connectivity index (χ2n) is 6.91. The number of likely N-dealkylation sites (N-methyl/N-ethyl adjacent to an activating group) is 1. The van der Waals surface area contributed by atoms with Crippen LogP contribution in [0.5, 0.6) is 11.5 Å². The van der Waals surface area contributed by atoms with Crippen molar-refractivity contribution in [3.8, 4) is 11.5 Å². The fraction of sp³-hybridized carbons (Fsp3) is 0.364. The molecule has 1 amide bonds. The van der Waals surface area contributed by atoms with Gasteiger partial charge in [0.2, 0.25) is 0 Å². The first-order chi connectivity index (χ1) is 12.9. The first-order valence-corrected chi connectivity index (χ1v) is 9.13. The molecule has 1 N–H and O–H groups in total. The summed E-state index contributed by atoms with van der Waals surface area (Å²) in [5, 5.41) is 6.47. The van der Waals surface area contributed by atoms with E-state index < -0.39 is 0 Å². The van der Waals surface area contributed by atoms with Crippen LogP contribution in [0.2, 0.25) is 0 Å². The Morgan fingerprint density at radius 2 is 1.70 bits per heavy atom. The standard InChI is InChI=1S/C22H28N2O3/c1-14(2)16-11-12-20(18(13-16)15(3)4)27-19-10-8-7-9-17(19)21(24-26-6)22(25)23-5/h7-15H,1-6H3,(H,23,25). The number of carbonyl (C=O) groups excluding carboxylic acids is 1. The van der Waals surface area contributed by atoms with Crippen molar-refractivity contribution >= 4 is 11.6 Å². The molecule has 0 saturated heterocycles. The number of carbonyl (C=O) groups is 1. The van der Waals surface area contributed by atoms with Gasteiger partial charge in [-0.25, -0.2) is 0 Å². The maximum Gasteiger partial charge on any atom is 0.273 e. The Morgan fingerprint density at radius 3 is 2.30 bits per heavy atom. The van der Waals surface area contributed by atoms with Gasteiger partial charge in [-0.05, 0) is 41.2 Å². The largest absolute Gasteiger partial charge is 0.456 e. The molecular formula is C22H28N2O3. The molecule has 27 heavy (non-hydrogen) atoms. The highest BCUT2D eigenvalue weighted by molar-refractivity contribution is 6.45. The number of amides is 1. The van der Waals surface area contributed by atoms with E-state index in [1.54, 1.807) is 13.1 Å². The van der Waals surface area contributed by atoms with Gasteiger partial charge in [-0.1, -0.05) is 57.1 Å². The molecule has 0 aliphatic heterocycles. The van der Waals surface area contributed by atoms with Crippen molar-refractivity contribution in [3.05, 3.63) is 59.2 Å². The lowest BCUT2D eigenvalue weighted by atomic mass is 9.95. The Labute approximate surface area is 161 Å². The molecule has 2 rings (SSSR count). The maximum atomic E-state index is 12.2. The van der Waals surface area contributed by atoms with Crippen molar-refractivity contribution in [1.82, 2.24) is 5.32 Å². The van der Waals surface area contributed by atoms with Crippen molar-refractivity contribution in [1.29, 1.82) is 0 Å². The normalized spacial score (nSPS) is 11.6. The van der Waals surface area contributed by atoms with E-state index in [2.05, 4.69) is 50.3 Å². The Kier molecular flexibility index (Phi) is 6.99. The van der Waals surface area contributed by atoms with Gasteiger partial charge in [0.1, 0.15) is 18.6 Å². The van der Waals surface area contributed by atoms with E-state index in [4.69, 9.17) is 9.57 Å². The third-order valence-corrected chi connectivity index (χ3v) is 4.31. The van der Waals surface area contributed by atoms with Crippen LogP contribution in [0.4, 0.5) is 0 Å². The number of ether oxygens (including phenoxy) is 1. The summed E-state index contributed by atoms with van der Waals surface area (Å²) in [6, 6.07) is 13.6. The van der Waals surface area contributed by atoms with Gasteiger partial charge < -0.3 is 14.9 Å². The summed E-state index contributed by atoms with van der Waals surface area (Å²) in [6.45, 7) is 8.62. The highest BCUT2D eigenvalue weighted by Gasteiger charge is 2.20. The lowest BCUT2D eigenvalue weighted by Gasteiger charge is -2.18. The van der Waals surface area contributed by atoms with Crippen LogP contribution in [-0.2, 0) is 9.63 Å². The molecule has 0 bridgehead atoms. The molecule has 0 atom stereocenters. The van der Waals surface area contributed by atoms with Crippen molar-refractivity contribution in [2.24, 2.45) is 5.16 Å². The summed E-state index contributed by atoms with van der Waals surface area (Å²) >= 11 is 0. The molecule has 0 aliphatic rings. The van der Waals surface area contributed by atoms with E-state index in [0.29, 0.717) is 23.1 Å². The number of rotatable bonds is 7. The molecule has 0 heterocycles. The van der Waals surface area contributed by atoms with E-state index in [9.17, 15) is 4.79 Å². The lowest BCUT2D eigenvalue weighted by Crippen LogP contribution is -2.28. The molecule has 0 spiro atoms. The van der Waals surface area contributed by atoms with E-state index in [1.807, 2.05) is 24.3 Å². The van der Waals surface area contributed by atoms with Crippen LogP contribution in [0, 0.1) is 0 Å². The zero-order valence-corrected chi connectivity index (χ0v) is 16.9. The smallest absolute Gasteiger partial charge is 0.273 e. The van der Waals surface area contributed by atoms with Gasteiger partial charge in [0, 0.05) is 7.05 Å². The van der Waals surface area contributed by atoms with E-state index >= 15 is 0 Å². The molecule has 2 aromatic carbocycles. The van der Waals surface area contributed by atoms with Crippen LogP contribution in [0.1, 0.15) is 56.2 Å². The van der Waals surface area contributed by atoms with Gasteiger partial charge in [-0.2, -0.15) is 0 Å². The summed E-state index contributed by atoms with van der Waals surface area (Å²) in [6.07, 6.45) is 0. The number of nitrogens with one attached hydrogen (secondary N) is 1. The lowest BCUT2D eigenvalue weighted by molar-refractivity contribution is -0.114. The van der Waals surface area contributed by atoms with E-state index in [1.165, 1.54) is 12.7 Å². The molecule has 0 fully saturated rings. The molecule has 0 aliphatic carbocycles. The SMILES string of the molecule is CNC(=O)C(=NOC)c1ccccc1Oc1ccc(C(C)C)cc1C(C)C. The molecule has 0 saturated carbocycles. The molecule has 5 nitrogen and oxygen atoms in total. The quantitative estimate of drug-likeness (QED) is 0.563. The summed E-state index contributed by atoms with van der Waals surface area (Å²) in [5.74, 6) is 1.73. The topological polar surface area (TPSA) is 59.9 Å². The van der Waals surface area contributed by atoms with Crippen LogP contribution in [0.15, 0.2) is 47.6 Å². The second kappa shape index (κ2) is 9.21. The number of para-hydroxylation sites is 1. The van der Waals surface area contributed by atoms with E-state index in [0.717, 1.165) is 11.3 Å². The van der Waals surface area contributed by atoms with Gasteiger partial charge in [0.25, 0.3) is 5.91 Å². The van der Waals surface area contributed by atoms with Crippen molar-refractivity contribution in [2.75, 3.05) is 14.2 Å². The summed E-state index contributed by atoms with van der Waals surface area (Å²) < 4.78 is 6.24. The first kappa shape index (κ1) is 20.5. The Bertz CT molecular complexity index is 826. The zero-order chi connectivity index (χ0) is 20.0. The molecule has 0 unspecified atom stereocenters. The van der Waals surface area contributed by atoms with Gasteiger partial charge in [0.05, 0.1) is 5.56 Å². The Balaban J connectivity index is 2.50. The second-order valence-corrected chi connectivity index (χ2v) is 6.91. The third kappa shape index (κ3) is 4.88. The number of benzene rings is 2. The van der Waals surface area contributed by atoms with Crippen LogP contribution < -0.4 is 10.1 Å². The molecule has 0 radical (unpaired) electrons. The number of hydrogen-bond donors (Lipinski definition) is 1. The summed E-state index contributed by atoms with van der Waals surface area (Å²) in [5.41, 5.74) is 3.13. The molecule has 2 aromatic rings. The predicted octanol–water partition coefficient (Wildman–Crippen LogP) is 4.82. The minimum Gasteiger partial charge on any atom is -0.456 e. The number of nitrogens with zero attached hydrogens (tertiary/aromatic N) is 1. The van der Waals surface area contributed by atoms with Gasteiger partial charge in [-0.3, -0.25) is 4.79 Å². The maximum absolute atomic E-state index is 12.2. The fourth-order valence-electron chi connectivity index (χ4n) is 2.76. The van der Waals surface area contributed by atoms with Gasteiger partial charge in [0.15, 0.2) is 5.71 Å². The first-order valence-electron chi connectivity index (χ1n) is 9.13. The third-order valence-electron chi connectivity index (χ3n) is 4.31. The Morgan fingerprint density at radius 1 is 1.00 bits per heavy atom. The average molecular weight is 368 g/mol. The minimum absolute atomic E-state index is 0.167. The minimum atomic E-state index is -0.341. The van der Waals surface area contributed by atoms with Crippen LogP contribution in [0.3, 0.4) is 0 Å². The van der Waals surface area contributed by atoms with Crippen molar-refractivity contribution in [2.45, 2.75) is 39.5 Å². The number of oxime groups is 1. The fourth-order valence-corrected chi connectivity index (χ4v) is 2.76. The summed E-state index contributed by atoms with van der Waals surface area (Å²) in [7, 11) is 2.96. The summed E-state index contributed by atoms with van der Waals surface area (Å²) in [4.78, 5) is 17.1. The monoisotopic (exact) mass is 368 g/mol. The van der Waals surface area contributed by atoms with Crippen molar-refractivity contribution in [3.63, 3.8) is 0 Å². The molecular weight excluding hydrogens is 340 g/mol. The Hall–Kier alpha value is -2.82. The number of hydrogen-bond acceptors (Lipinski definition) is 4. The van der Waals surface area contributed by atoms with Gasteiger partial charge in [-0.15, -0.1) is 0 Å². The van der Waals surface area contributed by atoms with Crippen LogP contribution in [-0.4, -0.2) is 25.8 Å². The van der Waals surface area contributed by atoms with Crippen LogP contribution in [0.25, 0.3) is 0 Å². The molecule has 5 heteroatoms. The molecule has 144 valence electrons. The average Bonchev–Trinajstić information content (AvgIpc) is 2.66. The highest BCUT2D eigenvalue weighted by Crippen LogP contribution is 2.34. The van der Waals surface area contributed by atoms with Gasteiger partial charge >= 0.3 is 0 Å². The highest BCUT2D eigenvalue weighted by atomic mass is 16.6. The van der Waals surface area contributed by atoms with E-state index in [-0.39, 0.29) is 11.6 Å². The predicted molar refractivity (Wildman–Crippen MR) is 109 cm³/mol.